The van der Waals surface area contributed by atoms with Gasteiger partial charge in [0.05, 0.1) is 57.2 Å². The number of carbonyl (C=O) groups is 11. The molecule has 32 heteroatoms. The second-order valence-electron chi connectivity index (χ2n) is 24.4. The zero-order valence-electron chi connectivity index (χ0n) is 54.7. The van der Waals surface area contributed by atoms with Crippen molar-refractivity contribution in [2.45, 2.75) is 150 Å². The van der Waals surface area contributed by atoms with Crippen LogP contribution in [0.2, 0.25) is 0 Å². The zero-order chi connectivity index (χ0) is 70.1. The van der Waals surface area contributed by atoms with Crippen molar-refractivity contribution < 1.29 is 71.3 Å². The van der Waals surface area contributed by atoms with Gasteiger partial charge in [-0.2, -0.15) is 11.8 Å². The Morgan fingerprint density at radius 3 is 2.01 bits per heavy atom. The highest BCUT2D eigenvalue weighted by molar-refractivity contribution is 8.00. The minimum absolute atomic E-state index is 0.0259. The largest absolute Gasteiger partial charge is 0.377 e. The maximum absolute atomic E-state index is 14.9. The molecule has 0 saturated carbocycles. The number of amides is 12. The molecule has 2 bridgehead atoms. The van der Waals surface area contributed by atoms with Crippen molar-refractivity contribution >= 4 is 87.8 Å². The van der Waals surface area contributed by atoms with Gasteiger partial charge in [0, 0.05) is 86.5 Å². The number of urea groups is 1. The molecule has 528 valence electrons. The standard InChI is InChI=1S/C66H87FN16O14S/c1-39-60(88)74-47(30-40-12-4-3-5-13-40)63(91)76-49(32-42-35-82(2)53-16-7-6-14-45(42)53)64(92)75-48(31-41-19-21-43(67)22-20-41)62(90)73-46(59(69)87)15-10-11-24-83-36-44(80-81-83)33-50(65(93)77-51(34-55(68)84)61(89)71-39)72-57(86)37-97-29-28-96-27-26-95-25-23-70-56(85)18-9-8-17-54-58-52(38-98-54)78-66(94)79-58/h3-7,12-14,16,19-22,35-36,39,46-52,54,58H,8-11,15,17-18,23-34,37-38H2,1-2H3,(H2,68,84)(H2,69,87)(H,70,85)(H,71,89)(H,72,86)(H,73,90)(H,74,88)(H,75,92)(H,76,91)(H,77,93)(H2,78,79,94)/t39-,46+,47-,48+,49+,50+,51-,52-,54-,58-/m1/s1. The van der Waals surface area contributed by atoms with E-state index in [9.17, 15) is 57.1 Å². The SMILES string of the molecule is C[C@H]1NC(=O)[C@@H](CC(N)=O)NC(=O)[C@@H](NC(=O)COCCOCCOCCNC(=O)CCCC[C@H]2SC[C@H]3NC(=O)N[C@H]32)Cc2cn(nn2)CCCC[C@@H](C(N)=O)NC(=O)[C@H](Cc2ccc(F)cc2)NC(=O)[C@H](Cc2cn(C)c3ccccc23)NC(=O)[C@@H](Cc2ccccc2)NC1=O. The van der Waals surface area contributed by atoms with Gasteiger partial charge in [0.1, 0.15) is 54.7 Å². The van der Waals surface area contributed by atoms with Crippen LogP contribution >= 0.6 is 11.8 Å². The molecule has 3 aromatic carbocycles. The lowest BCUT2D eigenvalue weighted by atomic mass is 10.00. The van der Waals surface area contributed by atoms with Crippen LogP contribution in [0.3, 0.4) is 0 Å². The average molecular weight is 1380 g/mol. The van der Waals surface area contributed by atoms with E-state index in [1.54, 1.807) is 36.5 Å². The smallest absolute Gasteiger partial charge is 0.315 e. The number of aromatic nitrogens is 4. The fourth-order valence-electron chi connectivity index (χ4n) is 11.7. The Morgan fingerprint density at radius 1 is 0.663 bits per heavy atom. The van der Waals surface area contributed by atoms with Gasteiger partial charge in [-0.15, -0.1) is 5.10 Å². The Kier molecular flexibility index (Phi) is 28.2. The Morgan fingerprint density at radius 2 is 1.30 bits per heavy atom. The second kappa shape index (κ2) is 37.3. The van der Waals surface area contributed by atoms with E-state index in [-0.39, 0.29) is 108 Å². The first kappa shape index (κ1) is 74.3. The van der Waals surface area contributed by atoms with Crippen LogP contribution < -0.4 is 64.6 Å². The average Bonchev–Trinajstić information content (AvgIpc) is 1.61. The molecule has 30 nitrogen and oxygen atoms in total. The van der Waals surface area contributed by atoms with Crippen molar-refractivity contribution in [2.75, 3.05) is 51.9 Å². The molecule has 3 aliphatic heterocycles. The number of nitrogens with zero attached hydrogens (tertiary/aromatic N) is 4. The predicted octanol–water partition coefficient (Wildman–Crippen LogP) is -0.971. The first-order chi connectivity index (χ1) is 47.2. The molecule has 0 unspecified atom stereocenters. The van der Waals surface area contributed by atoms with E-state index in [0.717, 1.165) is 35.9 Å². The number of rotatable bonds is 26. The van der Waals surface area contributed by atoms with Gasteiger partial charge >= 0.3 is 6.03 Å². The number of nitrogens with two attached hydrogens (primary N) is 2. The van der Waals surface area contributed by atoms with Crippen LogP contribution in [-0.2, 0) is 101 Å². The number of benzene rings is 3. The third-order valence-electron chi connectivity index (χ3n) is 16.8. The highest BCUT2D eigenvalue weighted by atomic mass is 32.2. The monoisotopic (exact) mass is 1380 g/mol. The Labute approximate surface area is 569 Å². The lowest BCUT2D eigenvalue weighted by Crippen LogP contribution is -2.60. The number of carbonyl (C=O) groups excluding carboxylic acids is 11. The van der Waals surface area contributed by atoms with Crippen LogP contribution in [0, 0.1) is 5.82 Å². The first-order valence-electron chi connectivity index (χ1n) is 32.7. The van der Waals surface area contributed by atoms with Crippen LogP contribution in [-0.4, -0.2) is 196 Å². The van der Waals surface area contributed by atoms with E-state index in [4.69, 9.17) is 25.7 Å². The van der Waals surface area contributed by atoms with E-state index in [0.29, 0.717) is 41.3 Å². The summed E-state index contributed by atoms with van der Waals surface area (Å²) in [6.07, 6.45) is 5.30. The molecule has 3 aliphatic rings. The summed E-state index contributed by atoms with van der Waals surface area (Å²) in [6.45, 7) is 1.94. The second-order valence-corrected chi connectivity index (χ2v) is 25.7. The van der Waals surface area contributed by atoms with Gasteiger partial charge < -0.3 is 83.4 Å². The van der Waals surface area contributed by atoms with Gasteiger partial charge in [-0.1, -0.05) is 72.3 Å². The van der Waals surface area contributed by atoms with E-state index in [1.165, 1.54) is 42.1 Å². The van der Waals surface area contributed by atoms with Gasteiger partial charge in [0.25, 0.3) is 0 Å². The molecule has 98 heavy (non-hydrogen) atoms. The number of halogens is 1. The highest BCUT2D eigenvalue weighted by Crippen LogP contribution is 2.33. The summed E-state index contributed by atoms with van der Waals surface area (Å²) >= 11 is 1.84. The lowest BCUT2D eigenvalue weighted by molar-refractivity contribution is -0.136. The third kappa shape index (κ3) is 23.1. The maximum Gasteiger partial charge on any atom is 0.315 e. The minimum atomic E-state index is -1.72. The van der Waals surface area contributed by atoms with Gasteiger partial charge in [-0.25, -0.2) is 9.18 Å². The fraction of sp³-hybridized carbons (Fsp3) is 0.500. The summed E-state index contributed by atoms with van der Waals surface area (Å²) in [5, 5.41) is 36.7. The van der Waals surface area contributed by atoms with Crippen LogP contribution in [0.5, 0.6) is 0 Å². The van der Waals surface area contributed by atoms with E-state index < -0.39 is 114 Å². The molecule has 5 aromatic rings. The van der Waals surface area contributed by atoms with E-state index in [2.05, 4.69) is 63.5 Å². The molecular weight excluding hydrogens is 1290 g/mol. The molecule has 14 N–H and O–H groups in total. The number of ether oxygens (including phenoxy) is 3. The van der Waals surface area contributed by atoms with Crippen molar-refractivity contribution in [3.63, 3.8) is 0 Å². The maximum atomic E-state index is 14.9. The number of unbranched alkanes of at least 4 members (excludes halogenated alkanes) is 1. The molecule has 0 aliphatic carbocycles. The van der Waals surface area contributed by atoms with Crippen LogP contribution in [0.15, 0.2) is 91.3 Å². The number of thioether (sulfide) groups is 1. The number of aryl methyl sites for hydroxylation is 2. The molecule has 5 heterocycles. The molecule has 2 fully saturated rings. The normalized spacial score (nSPS) is 23.1. The summed E-state index contributed by atoms with van der Waals surface area (Å²) in [4.78, 5) is 150. The van der Waals surface area contributed by atoms with Crippen molar-refractivity contribution in [3.8, 4) is 0 Å². The van der Waals surface area contributed by atoms with Crippen molar-refractivity contribution in [2.24, 2.45) is 18.5 Å². The number of primary amides is 2. The highest BCUT2D eigenvalue weighted by Gasteiger charge is 2.43. The van der Waals surface area contributed by atoms with Crippen LogP contribution in [0.25, 0.3) is 10.9 Å². The van der Waals surface area contributed by atoms with Gasteiger partial charge in [-0.3, -0.25) is 52.6 Å². The number of hydrogen-bond donors (Lipinski definition) is 12. The minimum Gasteiger partial charge on any atom is -0.377 e. The topological polar surface area (TPSA) is 423 Å². The number of nitrogens with one attached hydrogen (secondary N) is 10. The van der Waals surface area contributed by atoms with Gasteiger partial charge in [0.2, 0.25) is 59.1 Å². The number of para-hydroxylation sites is 1. The summed E-state index contributed by atoms with van der Waals surface area (Å²) in [7, 11) is 1.81. The van der Waals surface area contributed by atoms with Crippen LogP contribution in [0.1, 0.15) is 80.7 Å². The van der Waals surface area contributed by atoms with Crippen molar-refractivity contribution in [1.82, 2.24) is 72.7 Å². The number of fused-ring (bicyclic) bond motifs is 4. The Balaban J connectivity index is 0.925. The number of hydrogen-bond acceptors (Lipinski definition) is 17. The molecule has 2 aromatic heterocycles. The summed E-state index contributed by atoms with van der Waals surface area (Å²) < 4.78 is 34.2. The van der Waals surface area contributed by atoms with Crippen molar-refractivity contribution in [1.29, 1.82) is 0 Å². The molecule has 8 rings (SSSR count). The van der Waals surface area contributed by atoms with Crippen molar-refractivity contribution in [3.05, 3.63) is 119 Å². The summed E-state index contributed by atoms with van der Waals surface area (Å²) in [5.74, 6) is -7.86. The Bertz CT molecular complexity index is 3580. The summed E-state index contributed by atoms with van der Waals surface area (Å²) in [5.41, 5.74) is 14.1. The van der Waals surface area contributed by atoms with E-state index >= 15 is 0 Å². The Hall–Kier alpha value is -9.53. The molecule has 0 radical (unpaired) electrons. The summed E-state index contributed by atoms with van der Waals surface area (Å²) in [6, 6.07) is 11.1. The van der Waals surface area contributed by atoms with Crippen LogP contribution in [0.4, 0.5) is 9.18 Å². The fourth-order valence-corrected chi connectivity index (χ4v) is 13.2. The molecule has 0 spiro atoms. The molecule has 2 saturated heterocycles. The molecular formula is C66H87FN16O14S. The lowest BCUT2D eigenvalue weighted by Gasteiger charge is -2.27. The quantitative estimate of drug-likeness (QED) is 0.0234. The van der Waals surface area contributed by atoms with Gasteiger partial charge in [-0.05, 0) is 73.9 Å². The van der Waals surface area contributed by atoms with Gasteiger partial charge in [0.15, 0.2) is 0 Å². The zero-order valence-corrected chi connectivity index (χ0v) is 55.5. The van der Waals surface area contributed by atoms with E-state index in [1.807, 2.05) is 47.6 Å². The third-order valence-corrected chi connectivity index (χ3v) is 18.3. The molecule has 12 amide bonds. The predicted molar refractivity (Wildman–Crippen MR) is 356 cm³/mol. The molecule has 10 atom stereocenters. The first-order valence-corrected chi connectivity index (χ1v) is 33.8.